The lowest BCUT2D eigenvalue weighted by molar-refractivity contribution is -0.384. The number of nitro groups is 1. The van der Waals surface area contributed by atoms with Crippen LogP contribution in [0.15, 0.2) is 24.3 Å². The molecule has 0 heterocycles. The van der Waals surface area contributed by atoms with Gasteiger partial charge in [-0.05, 0) is 17.7 Å². The van der Waals surface area contributed by atoms with E-state index in [2.05, 4.69) is 0 Å². The van der Waals surface area contributed by atoms with Gasteiger partial charge in [0.25, 0.3) is 5.69 Å². The van der Waals surface area contributed by atoms with Gasteiger partial charge in [0, 0.05) is 19.2 Å². The van der Waals surface area contributed by atoms with Crippen LogP contribution in [0.1, 0.15) is 11.7 Å². The van der Waals surface area contributed by atoms with Crippen molar-refractivity contribution in [3.63, 3.8) is 0 Å². The van der Waals surface area contributed by atoms with E-state index < -0.39 is 11.0 Å². The fourth-order valence-electron chi connectivity index (χ4n) is 1.03. The maximum atomic E-state index is 10.3. The van der Waals surface area contributed by atoms with Crippen molar-refractivity contribution in [2.75, 3.05) is 7.11 Å². The van der Waals surface area contributed by atoms with E-state index in [-0.39, 0.29) is 5.69 Å². The number of ether oxygens (including phenoxy) is 1. The third-order valence-electron chi connectivity index (χ3n) is 1.76. The number of methoxy groups -OCH3 is 1. The van der Waals surface area contributed by atoms with Crippen LogP contribution in [-0.4, -0.2) is 12.0 Å². The molecule has 0 aliphatic rings. The molecule has 1 aromatic rings. The molecule has 0 amide bonds. The van der Waals surface area contributed by atoms with E-state index in [0.717, 1.165) is 0 Å². The summed E-state index contributed by atoms with van der Waals surface area (Å²) < 4.78 is 4.85. The zero-order valence-corrected chi connectivity index (χ0v) is 7.51. The Morgan fingerprint density at radius 3 is 2.43 bits per heavy atom. The number of nitrogens with zero attached hydrogens (tertiary/aromatic N) is 2. The third kappa shape index (κ3) is 2.06. The standard InChI is InChI=1S/C9H8N2O3/c1-14-9(6-10)7-2-4-8(5-3-7)11(12)13/h2-5,9H,1H3/t9-/m1/s1. The van der Waals surface area contributed by atoms with Crippen LogP contribution < -0.4 is 0 Å². The van der Waals surface area contributed by atoms with Gasteiger partial charge in [-0.15, -0.1) is 0 Å². The molecule has 72 valence electrons. The maximum absolute atomic E-state index is 10.3. The lowest BCUT2D eigenvalue weighted by atomic mass is 10.1. The summed E-state index contributed by atoms with van der Waals surface area (Å²) in [5.74, 6) is 0. The highest BCUT2D eigenvalue weighted by Gasteiger charge is 2.10. The number of hydrogen-bond acceptors (Lipinski definition) is 4. The van der Waals surface area contributed by atoms with Gasteiger partial charge in [0.1, 0.15) is 0 Å². The normalized spacial score (nSPS) is 11.7. The van der Waals surface area contributed by atoms with Gasteiger partial charge in [0.15, 0.2) is 6.10 Å². The number of rotatable bonds is 3. The van der Waals surface area contributed by atoms with E-state index in [4.69, 9.17) is 10.00 Å². The Labute approximate surface area is 80.7 Å². The number of hydrogen-bond donors (Lipinski definition) is 0. The first-order valence-corrected chi connectivity index (χ1v) is 3.86. The Hall–Kier alpha value is -1.93. The van der Waals surface area contributed by atoms with E-state index in [1.807, 2.05) is 6.07 Å². The fraction of sp³-hybridized carbons (Fsp3) is 0.222. The third-order valence-corrected chi connectivity index (χ3v) is 1.76. The van der Waals surface area contributed by atoms with E-state index >= 15 is 0 Å². The molecular weight excluding hydrogens is 184 g/mol. The minimum absolute atomic E-state index is 0.00143. The highest BCUT2D eigenvalue weighted by atomic mass is 16.6. The van der Waals surface area contributed by atoms with Crippen molar-refractivity contribution in [3.8, 4) is 6.07 Å². The van der Waals surface area contributed by atoms with Crippen molar-refractivity contribution in [2.45, 2.75) is 6.10 Å². The first-order valence-electron chi connectivity index (χ1n) is 3.86. The Kier molecular flexibility index (Phi) is 3.15. The molecule has 1 aromatic carbocycles. The first kappa shape index (κ1) is 10.2. The first-order chi connectivity index (χ1) is 6.69. The Balaban J connectivity index is 2.94. The molecule has 0 aliphatic heterocycles. The molecular formula is C9H8N2O3. The minimum Gasteiger partial charge on any atom is -0.362 e. The molecule has 1 atom stereocenters. The molecule has 1 rings (SSSR count). The summed E-state index contributed by atoms with van der Waals surface area (Å²) >= 11 is 0. The molecule has 0 N–H and O–H groups in total. The largest absolute Gasteiger partial charge is 0.362 e. The van der Waals surface area contributed by atoms with Gasteiger partial charge in [-0.1, -0.05) is 0 Å². The lowest BCUT2D eigenvalue weighted by Crippen LogP contribution is -1.98. The molecule has 5 heteroatoms. The van der Waals surface area contributed by atoms with Gasteiger partial charge in [-0.3, -0.25) is 10.1 Å². The summed E-state index contributed by atoms with van der Waals surface area (Å²) in [6.45, 7) is 0. The van der Waals surface area contributed by atoms with Gasteiger partial charge in [-0.25, -0.2) is 0 Å². The van der Waals surface area contributed by atoms with Crippen LogP contribution in [0.2, 0.25) is 0 Å². The highest BCUT2D eigenvalue weighted by Crippen LogP contribution is 2.19. The molecule has 0 aromatic heterocycles. The van der Waals surface area contributed by atoms with Crippen LogP contribution in [0.5, 0.6) is 0 Å². The SMILES string of the molecule is CO[C@H](C#N)c1ccc([N+](=O)[O-])cc1. The fourth-order valence-corrected chi connectivity index (χ4v) is 1.03. The van der Waals surface area contributed by atoms with Gasteiger partial charge in [0.2, 0.25) is 0 Å². The second kappa shape index (κ2) is 4.35. The van der Waals surface area contributed by atoms with E-state index in [1.54, 1.807) is 0 Å². The minimum atomic E-state index is -0.671. The van der Waals surface area contributed by atoms with Crippen molar-refractivity contribution >= 4 is 5.69 Å². The van der Waals surface area contributed by atoms with Gasteiger partial charge < -0.3 is 4.74 Å². The van der Waals surface area contributed by atoms with Crippen molar-refractivity contribution in [2.24, 2.45) is 0 Å². The topological polar surface area (TPSA) is 76.2 Å². The quantitative estimate of drug-likeness (QED) is 0.540. The van der Waals surface area contributed by atoms with Crippen LogP contribution in [0, 0.1) is 21.4 Å². The lowest BCUT2D eigenvalue weighted by Gasteiger charge is -2.05. The van der Waals surface area contributed by atoms with Crippen molar-refractivity contribution in [3.05, 3.63) is 39.9 Å². The van der Waals surface area contributed by atoms with Crippen LogP contribution >= 0.6 is 0 Å². The summed E-state index contributed by atoms with van der Waals surface area (Å²) in [4.78, 5) is 9.84. The van der Waals surface area contributed by atoms with E-state index in [1.165, 1.54) is 31.4 Å². The number of nitriles is 1. The second-order valence-corrected chi connectivity index (χ2v) is 2.59. The van der Waals surface area contributed by atoms with Crippen LogP contribution in [0.4, 0.5) is 5.69 Å². The summed E-state index contributed by atoms with van der Waals surface area (Å²) in [7, 11) is 1.41. The van der Waals surface area contributed by atoms with Crippen molar-refractivity contribution < 1.29 is 9.66 Å². The van der Waals surface area contributed by atoms with E-state index in [0.29, 0.717) is 5.56 Å². The summed E-state index contributed by atoms with van der Waals surface area (Å²) in [6.07, 6.45) is -0.671. The molecule has 0 spiro atoms. The van der Waals surface area contributed by atoms with Crippen LogP contribution in [-0.2, 0) is 4.74 Å². The maximum Gasteiger partial charge on any atom is 0.269 e. The molecule has 0 bridgehead atoms. The molecule has 0 saturated carbocycles. The predicted octanol–water partition coefficient (Wildman–Crippen LogP) is 1.81. The predicted molar refractivity (Wildman–Crippen MR) is 48.5 cm³/mol. The summed E-state index contributed by atoms with van der Waals surface area (Å²) in [5, 5.41) is 19.0. The summed E-state index contributed by atoms with van der Waals surface area (Å²) in [6, 6.07) is 7.64. The van der Waals surface area contributed by atoms with Crippen LogP contribution in [0.3, 0.4) is 0 Å². The number of non-ortho nitro benzene ring substituents is 1. The van der Waals surface area contributed by atoms with Gasteiger partial charge >= 0.3 is 0 Å². The van der Waals surface area contributed by atoms with E-state index in [9.17, 15) is 10.1 Å². The zero-order chi connectivity index (χ0) is 10.6. The zero-order valence-electron chi connectivity index (χ0n) is 7.51. The highest BCUT2D eigenvalue weighted by molar-refractivity contribution is 5.35. The Bertz CT molecular complexity index is 367. The van der Waals surface area contributed by atoms with Crippen LogP contribution in [0.25, 0.3) is 0 Å². The molecule has 0 radical (unpaired) electrons. The Morgan fingerprint density at radius 1 is 1.50 bits per heavy atom. The smallest absolute Gasteiger partial charge is 0.269 e. The summed E-state index contributed by atoms with van der Waals surface area (Å²) in [5.41, 5.74) is 0.613. The molecule has 0 saturated heterocycles. The number of nitro benzene ring substituents is 1. The van der Waals surface area contributed by atoms with Gasteiger partial charge in [0.05, 0.1) is 11.0 Å². The second-order valence-electron chi connectivity index (χ2n) is 2.59. The molecule has 5 nitrogen and oxygen atoms in total. The number of benzene rings is 1. The molecule has 0 unspecified atom stereocenters. The molecule has 0 aliphatic carbocycles. The van der Waals surface area contributed by atoms with Crippen molar-refractivity contribution in [1.29, 1.82) is 5.26 Å². The average Bonchev–Trinajstić information content (AvgIpc) is 2.20. The van der Waals surface area contributed by atoms with Crippen molar-refractivity contribution in [1.82, 2.24) is 0 Å². The average molecular weight is 192 g/mol. The monoisotopic (exact) mass is 192 g/mol. The Morgan fingerprint density at radius 2 is 2.07 bits per heavy atom. The molecule has 14 heavy (non-hydrogen) atoms. The molecule has 0 fully saturated rings. The van der Waals surface area contributed by atoms with Gasteiger partial charge in [-0.2, -0.15) is 5.26 Å².